The minimum Gasteiger partial charge on any atom is -0.456 e. The molecule has 0 fully saturated rings. The average Bonchev–Trinajstić information content (AvgIpc) is 4.02. The number of hydrogen-bond acceptors (Lipinski definition) is 2. The molecule has 13 aromatic rings. The minimum absolute atomic E-state index is 0.872. The number of anilines is 3. The fourth-order valence-electron chi connectivity index (χ4n) is 9.67. The highest BCUT2D eigenvalue weighted by Crippen LogP contribution is 2.44. The van der Waals surface area contributed by atoms with E-state index in [1.165, 1.54) is 71.0 Å². The number of hydrogen-bond donors (Lipinski definition) is 0. The van der Waals surface area contributed by atoms with Crippen molar-refractivity contribution in [3.8, 4) is 16.8 Å². The molecule has 0 amide bonds. The van der Waals surface area contributed by atoms with E-state index in [-0.39, 0.29) is 0 Å². The van der Waals surface area contributed by atoms with Gasteiger partial charge in [-0.25, -0.2) is 0 Å². The zero-order valence-electron chi connectivity index (χ0n) is 31.3. The maximum Gasteiger partial charge on any atom is 0.137 e. The Bertz CT molecular complexity index is 3740. The van der Waals surface area contributed by atoms with Gasteiger partial charge in [-0.2, -0.15) is 0 Å². The van der Waals surface area contributed by atoms with Crippen molar-refractivity contribution in [2.75, 3.05) is 4.90 Å². The van der Waals surface area contributed by atoms with Crippen molar-refractivity contribution in [3.63, 3.8) is 0 Å². The molecule has 4 nitrogen and oxygen atoms in total. The molecule has 9 aromatic carbocycles. The number of furan rings is 1. The lowest BCUT2D eigenvalue weighted by Gasteiger charge is -2.26. The summed E-state index contributed by atoms with van der Waals surface area (Å²) in [6.07, 6.45) is 0. The zero-order chi connectivity index (χ0) is 37.9. The Morgan fingerprint density at radius 1 is 0.328 bits per heavy atom. The second-order valence-electron chi connectivity index (χ2n) is 15.3. The Balaban J connectivity index is 0.976. The largest absolute Gasteiger partial charge is 0.456 e. The first-order chi connectivity index (χ1) is 28.8. The Hall–Kier alpha value is -7.82. The minimum atomic E-state index is 0.872. The fourth-order valence-corrected chi connectivity index (χ4v) is 9.67. The van der Waals surface area contributed by atoms with Gasteiger partial charge in [0.2, 0.25) is 0 Å². The summed E-state index contributed by atoms with van der Waals surface area (Å²) in [6.45, 7) is 0. The van der Waals surface area contributed by atoms with Crippen molar-refractivity contribution in [1.29, 1.82) is 0 Å². The van der Waals surface area contributed by atoms with E-state index in [1.807, 2.05) is 12.1 Å². The quantitative estimate of drug-likeness (QED) is 0.176. The van der Waals surface area contributed by atoms with E-state index in [4.69, 9.17) is 4.42 Å². The summed E-state index contributed by atoms with van der Waals surface area (Å²) in [7, 11) is 0. The van der Waals surface area contributed by atoms with E-state index in [1.54, 1.807) is 0 Å². The maximum atomic E-state index is 6.44. The van der Waals surface area contributed by atoms with E-state index >= 15 is 0 Å². The summed E-state index contributed by atoms with van der Waals surface area (Å²) in [5, 5.41) is 9.81. The van der Waals surface area contributed by atoms with E-state index in [2.05, 4.69) is 202 Å². The highest BCUT2D eigenvalue weighted by molar-refractivity contribution is 6.23. The first-order valence-electron chi connectivity index (χ1n) is 19.8. The molecule has 0 aliphatic carbocycles. The van der Waals surface area contributed by atoms with E-state index in [0.717, 1.165) is 44.7 Å². The van der Waals surface area contributed by atoms with Crippen LogP contribution in [-0.4, -0.2) is 8.97 Å². The average molecular weight is 740 g/mol. The summed E-state index contributed by atoms with van der Waals surface area (Å²) in [5.74, 6) is 0. The highest BCUT2D eigenvalue weighted by Gasteiger charge is 2.21. The van der Waals surface area contributed by atoms with E-state index < -0.39 is 0 Å². The van der Waals surface area contributed by atoms with Gasteiger partial charge < -0.3 is 18.3 Å². The SMILES string of the molecule is c1ccc(-n2c3ccccc3c3cc(-c4ccc(N(c5ccc6c(c5)oc5ccccc56)c5ccc6c(c5)c5cccc7c8ccccc8n6c75)cc4)ccc32)cc1. The number of nitrogens with zero attached hydrogens (tertiary/aromatic N) is 3. The van der Waals surface area contributed by atoms with Crippen LogP contribution in [0.4, 0.5) is 17.1 Å². The number of rotatable bonds is 5. The van der Waals surface area contributed by atoms with Gasteiger partial charge in [-0.1, -0.05) is 109 Å². The molecular formula is C54H33N3O. The number of aromatic nitrogens is 2. The lowest BCUT2D eigenvalue weighted by atomic mass is 10.0. The standard InChI is InChI=1S/C54H33N3O/c1-2-11-36(12-3-1)56-48-18-7-5-14-41(48)46-31-35(23-29-50(46)56)34-21-24-37(25-22-34)55(39-26-28-43-42-15-6-9-20-52(42)58-53(43)33-39)38-27-30-51-47(32-38)45-17-10-16-44-40-13-4-8-19-49(40)57(51)54(44)45/h1-33H. The lowest BCUT2D eigenvalue weighted by molar-refractivity contribution is 0.669. The van der Waals surface area contributed by atoms with Crippen LogP contribution in [0.1, 0.15) is 0 Å². The molecule has 0 aliphatic rings. The van der Waals surface area contributed by atoms with Crippen molar-refractivity contribution in [3.05, 3.63) is 200 Å². The first-order valence-corrected chi connectivity index (χ1v) is 19.8. The van der Waals surface area contributed by atoms with Crippen LogP contribution in [-0.2, 0) is 0 Å². The molecule has 58 heavy (non-hydrogen) atoms. The summed E-state index contributed by atoms with van der Waals surface area (Å²) in [4.78, 5) is 2.36. The van der Waals surface area contributed by atoms with Gasteiger partial charge in [-0.3, -0.25) is 0 Å². The first kappa shape index (κ1) is 31.4. The Morgan fingerprint density at radius 3 is 1.72 bits per heavy atom. The van der Waals surface area contributed by atoms with Gasteiger partial charge in [0, 0.05) is 71.9 Å². The molecule has 4 heterocycles. The Labute approximate surface area is 333 Å². The predicted molar refractivity (Wildman–Crippen MR) is 243 cm³/mol. The third-order valence-electron chi connectivity index (χ3n) is 12.2. The maximum absolute atomic E-state index is 6.44. The second kappa shape index (κ2) is 11.8. The van der Waals surface area contributed by atoms with Crippen LogP contribution in [0.2, 0.25) is 0 Å². The number of para-hydroxylation sites is 5. The fraction of sp³-hybridized carbons (Fsp3) is 0. The topological polar surface area (TPSA) is 25.7 Å². The van der Waals surface area contributed by atoms with Gasteiger partial charge in [-0.15, -0.1) is 0 Å². The van der Waals surface area contributed by atoms with E-state index in [9.17, 15) is 0 Å². The van der Waals surface area contributed by atoms with Gasteiger partial charge in [-0.05, 0) is 96.1 Å². The second-order valence-corrected chi connectivity index (χ2v) is 15.3. The van der Waals surface area contributed by atoms with Gasteiger partial charge in [0.1, 0.15) is 11.2 Å². The molecule has 0 radical (unpaired) electrons. The van der Waals surface area contributed by atoms with Crippen LogP contribution < -0.4 is 4.90 Å². The van der Waals surface area contributed by atoms with Crippen LogP contribution in [0.3, 0.4) is 0 Å². The third kappa shape index (κ3) is 4.40. The molecule has 0 saturated carbocycles. The summed E-state index contributed by atoms with van der Waals surface area (Å²) >= 11 is 0. The molecule has 0 bridgehead atoms. The van der Waals surface area contributed by atoms with Crippen molar-refractivity contribution in [1.82, 2.24) is 8.97 Å². The van der Waals surface area contributed by atoms with Crippen LogP contribution in [0.15, 0.2) is 205 Å². The molecule has 0 atom stereocenters. The normalized spacial score (nSPS) is 12.1. The van der Waals surface area contributed by atoms with Crippen molar-refractivity contribution < 1.29 is 4.42 Å². The summed E-state index contributed by atoms with van der Waals surface area (Å²) < 4.78 is 11.2. The summed E-state index contributed by atoms with van der Waals surface area (Å²) in [5.41, 5.74) is 14.6. The summed E-state index contributed by atoms with van der Waals surface area (Å²) in [6, 6.07) is 72.5. The van der Waals surface area contributed by atoms with Gasteiger partial charge in [0.05, 0.1) is 27.6 Å². The molecular weight excluding hydrogens is 707 g/mol. The molecule has 13 rings (SSSR count). The zero-order valence-corrected chi connectivity index (χ0v) is 31.3. The molecule has 0 unspecified atom stereocenters. The molecule has 0 aliphatic heterocycles. The monoisotopic (exact) mass is 739 g/mol. The molecule has 4 heteroatoms. The Kier molecular flexibility index (Phi) is 6.41. The molecule has 4 aromatic heterocycles. The smallest absolute Gasteiger partial charge is 0.137 e. The molecule has 0 spiro atoms. The van der Waals surface area contributed by atoms with Crippen molar-refractivity contribution in [2.24, 2.45) is 0 Å². The van der Waals surface area contributed by atoms with Crippen molar-refractivity contribution >= 4 is 98.9 Å². The molecule has 0 N–H and O–H groups in total. The van der Waals surface area contributed by atoms with Gasteiger partial charge >= 0.3 is 0 Å². The van der Waals surface area contributed by atoms with Gasteiger partial charge in [0.25, 0.3) is 0 Å². The highest BCUT2D eigenvalue weighted by atomic mass is 16.3. The van der Waals surface area contributed by atoms with Crippen molar-refractivity contribution in [2.45, 2.75) is 0 Å². The van der Waals surface area contributed by atoms with Gasteiger partial charge in [0.15, 0.2) is 0 Å². The number of benzene rings is 9. The lowest BCUT2D eigenvalue weighted by Crippen LogP contribution is -2.09. The predicted octanol–water partition coefficient (Wildman–Crippen LogP) is 15.0. The number of fused-ring (bicyclic) bond motifs is 12. The molecule has 0 saturated heterocycles. The molecule has 270 valence electrons. The van der Waals surface area contributed by atoms with Crippen LogP contribution in [0, 0.1) is 0 Å². The van der Waals surface area contributed by atoms with Crippen LogP contribution >= 0.6 is 0 Å². The van der Waals surface area contributed by atoms with Crippen LogP contribution in [0.25, 0.3) is 98.7 Å². The third-order valence-corrected chi connectivity index (χ3v) is 12.2. The van der Waals surface area contributed by atoms with Crippen LogP contribution in [0.5, 0.6) is 0 Å². The Morgan fingerprint density at radius 2 is 0.879 bits per heavy atom. The van der Waals surface area contributed by atoms with E-state index in [0.29, 0.717) is 0 Å².